The van der Waals surface area contributed by atoms with E-state index < -0.39 is 17.9 Å². The van der Waals surface area contributed by atoms with Crippen molar-refractivity contribution in [2.24, 2.45) is 0 Å². The summed E-state index contributed by atoms with van der Waals surface area (Å²) in [5.74, 6) is -1.12. The van der Waals surface area contributed by atoms with Crippen molar-refractivity contribution in [3.63, 3.8) is 0 Å². The maximum atomic E-state index is 13.3. The van der Waals surface area contributed by atoms with Crippen LogP contribution in [0.4, 0.5) is 23.2 Å². The zero-order valence-electron chi connectivity index (χ0n) is 9.54. The number of nitrogens with two attached hydrogens (primary N) is 1. The number of hydrogen-bond acceptors (Lipinski definition) is 2. The fourth-order valence-electron chi connectivity index (χ4n) is 1.67. The highest BCUT2D eigenvalue weighted by atomic mass is 19.4. The topological polar surface area (TPSA) is 35.2 Å². The van der Waals surface area contributed by atoms with Gasteiger partial charge in [-0.05, 0) is 12.1 Å². The minimum atomic E-state index is -4.82. The van der Waals surface area contributed by atoms with Crippen LogP contribution in [0.25, 0.3) is 11.1 Å². The molecule has 0 amide bonds. The van der Waals surface area contributed by atoms with Crippen molar-refractivity contribution in [3.05, 3.63) is 48.3 Å². The van der Waals surface area contributed by atoms with Crippen molar-refractivity contribution in [3.8, 4) is 16.9 Å². The van der Waals surface area contributed by atoms with Crippen LogP contribution in [0.5, 0.6) is 5.75 Å². The Morgan fingerprint density at radius 1 is 0.895 bits per heavy atom. The summed E-state index contributed by atoms with van der Waals surface area (Å²) < 4.78 is 54.1. The first-order valence-electron chi connectivity index (χ1n) is 5.27. The minimum Gasteiger partial charge on any atom is -0.405 e. The van der Waals surface area contributed by atoms with Crippen LogP contribution in [-0.2, 0) is 0 Å². The second kappa shape index (κ2) is 4.79. The first-order chi connectivity index (χ1) is 8.88. The molecule has 0 spiro atoms. The Kier molecular flexibility index (Phi) is 3.33. The van der Waals surface area contributed by atoms with Crippen LogP contribution in [0, 0.1) is 5.82 Å². The average Bonchev–Trinajstić information content (AvgIpc) is 2.32. The second-order valence-corrected chi connectivity index (χ2v) is 3.75. The van der Waals surface area contributed by atoms with Gasteiger partial charge in [-0.2, -0.15) is 0 Å². The number of benzene rings is 2. The van der Waals surface area contributed by atoms with Gasteiger partial charge in [-0.3, -0.25) is 0 Å². The zero-order valence-corrected chi connectivity index (χ0v) is 9.54. The molecule has 0 aromatic heterocycles. The molecule has 0 aliphatic heterocycles. The molecule has 0 saturated heterocycles. The van der Waals surface area contributed by atoms with Gasteiger partial charge in [-0.1, -0.05) is 30.3 Å². The summed E-state index contributed by atoms with van der Waals surface area (Å²) in [6.45, 7) is 0. The van der Waals surface area contributed by atoms with Crippen molar-refractivity contribution in [1.29, 1.82) is 0 Å². The monoisotopic (exact) mass is 271 g/mol. The number of anilines is 1. The van der Waals surface area contributed by atoms with Gasteiger partial charge in [0, 0.05) is 11.1 Å². The molecule has 6 heteroatoms. The standard InChI is InChI=1S/C13H9F4NO/c14-10-6-3-5-9(12(10)18)8-4-1-2-7-11(8)19-13(15,16)17/h1-7H,18H2. The fraction of sp³-hybridized carbons (Fsp3) is 0.0769. The molecule has 0 fully saturated rings. The maximum Gasteiger partial charge on any atom is 0.573 e. The first-order valence-corrected chi connectivity index (χ1v) is 5.27. The number of rotatable bonds is 2. The number of halogens is 4. The largest absolute Gasteiger partial charge is 0.573 e. The van der Waals surface area contributed by atoms with E-state index in [1.54, 1.807) is 0 Å². The van der Waals surface area contributed by atoms with Crippen LogP contribution in [-0.4, -0.2) is 6.36 Å². The molecule has 2 aromatic rings. The molecule has 0 aliphatic rings. The Morgan fingerprint density at radius 3 is 2.21 bits per heavy atom. The van der Waals surface area contributed by atoms with Crippen molar-refractivity contribution in [1.82, 2.24) is 0 Å². The Labute approximate surface area is 106 Å². The summed E-state index contributed by atoms with van der Waals surface area (Å²) in [5, 5.41) is 0. The van der Waals surface area contributed by atoms with Crippen molar-refractivity contribution in [2.75, 3.05) is 5.73 Å². The smallest absolute Gasteiger partial charge is 0.405 e. The molecular weight excluding hydrogens is 262 g/mol. The van der Waals surface area contributed by atoms with Crippen LogP contribution in [0.2, 0.25) is 0 Å². The van der Waals surface area contributed by atoms with Gasteiger partial charge in [0.25, 0.3) is 0 Å². The summed E-state index contributed by atoms with van der Waals surface area (Å²) in [4.78, 5) is 0. The van der Waals surface area contributed by atoms with Crippen LogP contribution < -0.4 is 10.5 Å². The number of nitrogen functional groups attached to an aromatic ring is 1. The Balaban J connectivity index is 2.54. The fourth-order valence-corrected chi connectivity index (χ4v) is 1.67. The SMILES string of the molecule is Nc1c(F)cccc1-c1ccccc1OC(F)(F)F. The lowest BCUT2D eigenvalue weighted by molar-refractivity contribution is -0.274. The van der Waals surface area contributed by atoms with Crippen molar-refractivity contribution < 1.29 is 22.3 Å². The molecule has 0 radical (unpaired) electrons. The van der Waals surface area contributed by atoms with Gasteiger partial charge < -0.3 is 10.5 Å². The number of ether oxygens (including phenoxy) is 1. The average molecular weight is 271 g/mol. The summed E-state index contributed by atoms with van der Waals surface area (Å²) in [7, 11) is 0. The van der Waals surface area contributed by atoms with E-state index in [0.29, 0.717) is 0 Å². The van der Waals surface area contributed by atoms with Gasteiger partial charge in [0.05, 0.1) is 5.69 Å². The molecule has 100 valence electrons. The van der Waals surface area contributed by atoms with Crippen LogP contribution in [0.1, 0.15) is 0 Å². The minimum absolute atomic E-state index is 0.0804. The van der Waals surface area contributed by atoms with E-state index >= 15 is 0 Å². The molecule has 2 N–H and O–H groups in total. The van der Waals surface area contributed by atoms with Gasteiger partial charge in [-0.25, -0.2) is 4.39 Å². The van der Waals surface area contributed by atoms with E-state index in [4.69, 9.17) is 5.73 Å². The Hall–Kier alpha value is -2.24. The molecule has 2 aromatic carbocycles. The highest BCUT2D eigenvalue weighted by molar-refractivity contribution is 5.80. The molecule has 19 heavy (non-hydrogen) atoms. The van der Waals surface area contributed by atoms with E-state index in [2.05, 4.69) is 4.74 Å². The van der Waals surface area contributed by atoms with Gasteiger partial charge in [-0.15, -0.1) is 13.2 Å². The molecule has 0 aliphatic carbocycles. The quantitative estimate of drug-likeness (QED) is 0.662. The lowest BCUT2D eigenvalue weighted by Crippen LogP contribution is -2.17. The van der Waals surface area contributed by atoms with Gasteiger partial charge in [0.2, 0.25) is 0 Å². The highest BCUT2D eigenvalue weighted by Gasteiger charge is 2.32. The van der Waals surface area contributed by atoms with Crippen molar-refractivity contribution >= 4 is 5.69 Å². The summed E-state index contributed by atoms with van der Waals surface area (Å²) in [6.07, 6.45) is -4.82. The second-order valence-electron chi connectivity index (χ2n) is 3.75. The normalized spacial score (nSPS) is 11.4. The highest BCUT2D eigenvalue weighted by Crippen LogP contribution is 2.37. The van der Waals surface area contributed by atoms with E-state index in [0.717, 1.165) is 12.1 Å². The predicted octanol–water partition coefficient (Wildman–Crippen LogP) is 3.97. The van der Waals surface area contributed by atoms with Crippen LogP contribution in [0.15, 0.2) is 42.5 Å². The number of hydrogen-bond donors (Lipinski definition) is 1. The molecule has 0 saturated carbocycles. The predicted molar refractivity (Wildman–Crippen MR) is 62.9 cm³/mol. The number of alkyl halides is 3. The van der Waals surface area contributed by atoms with Gasteiger partial charge >= 0.3 is 6.36 Å². The Morgan fingerprint density at radius 2 is 1.53 bits per heavy atom. The van der Waals surface area contributed by atoms with Crippen LogP contribution >= 0.6 is 0 Å². The molecule has 0 heterocycles. The molecule has 2 rings (SSSR count). The summed E-state index contributed by atoms with van der Waals surface area (Å²) >= 11 is 0. The maximum absolute atomic E-state index is 13.3. The molecule has 2 nitrogen and oxygen atoms in total. The lowest BCUT2D eigenvalue weighted by Gasteiger charge is -2.14. The summed E-state index contributed by atoms with van der Waals surface area (Å²) in [6, 6.07) is 9.36. The lowest BCUT2D eigenvalue weighted by atomic mass is 10.0. The zero-order chi connectivity index (χ0) is 14.0. The third-order valence-corrected chi connectivity index (χ3v) is 2.46. The summed E-state index contributed by atoms with van der Waals surface area (Å²) in [5.41, 5.74) is 5.55. The van der Waals surface area contributed by atoms with E-state index in [1.165, 1.54) is 30.3 Å². The van der Waals surface area contributed by atoms with E-state index in [9.17, 15) is 17.6 Å². The van der Waals surface area contributed by atoms with E-state index in [1.807, 2.05) is 0 Å². The molecule has 0 bridgehead atoms. The first kappa shape index (κ1) is 13.2. The Bertz CT molecular complexity index is 595. The van der Waals surface area contributed by atoms with Gasteiger partial charge in [0.1, 0.15) is 11.6 Å². The third-order valence-electron chi connectivity index (χ3n) is 2.46. The number of para-hydroxylation sites is 2. The van der Waals surface area contributed by atoms with Crippen LogP contribution in [0.3, 0.4) is 0 Å². The molecular formula is C13H9F4NO. The molecule has 0 unspecified atom stereocenters. The third kappa shape index (κ3) is 2.96. The van der Waals surface area contributed by atoms with E-state index in [-0.39, 0.29) is 16.8 Å². The van der Waals surface area contributed by atoms with Gasteiger partial charge in [0.15, 0.2) is 0 Å². The molecule has 0 atom stereocenters. The van der Waals surface area contributed by atoms with Crippen molar-refractivity contribution in [2.45, 2.75) is 6.36 Å².